The van der Waals surface area contributed by atoms with Crippen LogP contribution >= 0.6 is 0 Å². The first-order valence-electron chi connectivity index (χ1n) is 11.9. The van der Waals surface area contributed by atoms with Crippen molar-refractivity contribution in [3.8, 4) is 6.07 Å². The molecule has 0 radical (unpaired) electrons. The van der Waals surface area contributed by atoms with Crippen molar-refractivity contribution in [2.24, 2.45) is 17.8 Å². The van der Waals surface area contributed by atoms with Crippen LogP contribution in [0.5, 0.6) is 0 Å². The first-order chi connectivity index (χ1) is 15.5. The van der Waals surface area contributed by atoms with Crippen molar-refractivity contribution < 1.29 is 9.53 Å². The number of nitrogens with one attached hydrogen (secondary N) is 3. The van der Waals surface area contributed by atoms with Gasteiger partial charge in [-0.05, 0) is 42.0 Å². The third-order valence-corrected chi connectivity index (χ3v) is 7.25. The smallest absolute Gasteiger partial charge is 0.228 e. The normalized spacial score (nSPS) is 32.9. The van der Waals surface area contributed by atoms with Crippen molar-refractivity contribution >= 4 is 11.6 Å². The quantitative estimate of drug-likeness (QED) is 0.644. The Bertz CT molecular complexity index is 899. The molecule has 4 heterocycles. The molecule has 4 aliphatic heterocycles. The van der Waals surface area contributed by atoms with Crippen LogP contribution < -0.4 is 16.1 Å². The molecule has 172 valence electrons. The van der Waals surface area contributed by atoms with Gasteiger partial charge in [-0.3, -0.25) is 9.69 Å². The molecule has 0 saturated carbocycles. The van der Waals surface area contributed by atoms with Gasteiger partial charge in [0.1, 0.15) is 6.17 Å². The first-order valence-corrected chi connectivity index (χ1v) is 11.9. The highest BCUT2D eigenvalue weighted by Crippen LogP contribution is 2.34. The molecule has 0 bridgehead atoms. The number of nitrogens with zero attached hydrogens (tertiary/aromatic N) is 3. The molecule has 4 aliphatic rings. The number of hydrazine groups is 1. The molecule has 5 atom stereocenters. The third-order valence-electron chi connectivity index (χ3n) is 7.25. The maximum Gasteiger partial charge on any atom is 0.228 e. The lowest BCUT2D eigenvalue weighted by molar-refractivity contribution is -0.128. The molecular formula is C24H34N6O2. The van der Waals surface area contributed by atoms with Gasteiger partial charge in [0.05, 0.1) is 30.6 Å². The van der Waals surface area contributed by atoms with Gasteiger partial charge in [-0.25, -0.2) is 10.4 Å². The molecule has 0 aromatic heterocycles. The summed E-state index contributed by atoms with van der Waals surface area (Å²) in [6.07, 6.45) is 1.39. The van der Waals surface area contributed by atoms with E-state index in [-0.39, 0.29) is 36.0 Å². The van der Waals surface area contributed by atoms with Crippen molar-refractivity contribution in [1.29, 1.82) is 5.26 Å². The predicted octanol–water partition coefficient (Wildman–Crippen LogP) is 1.65. The van der Waals surface area contributed by atoms with Crippen molar-refractivity contribution in [1.82, 2.24) is 20.7 Å². The summed E-state index contributed by atoms with van der Waals surface area (Å²) in [6.45, 7) is 9.41. The topological polar surface area (TPSA) is 92.7 Å². The highest BCUT2D eigenvalue weighted by molar-refractivity contribution is 5.82. The van der Waals surface area contributed by atoms with E-state index in [1.807, 2.05) is 0 Å². The Balaban J connectivity index is 1.34. The van der Waals surface area contributed by atoms with Crippen LogP contribution in [0.15, 0.2) is 18.2 Å². The van der Waals surface area contributed by atoms with Crippen molar-refractivity contribution in [2.45, 2.75) is 58.0 Å². The average molecular weight is 439 g/mol. The number of anilines is 1. The lowest BCUT2D eigenvalue weighted by Crippen LogP contribution is -2.56. The summed E-state index contributed by atoms with van der Waals surface area (Å²) in [4.78, 5) is 15.4. The fraction of sp³-hybridized carbons (Fsp3) is 0.667. The van der Waals surface area contributed by atoms with E-state index < -0.39 is 0 Å². The minimum atomic E-state index is -0.215. The van der Waals surface area contributed by atoms with Gasteiger partial charge in [0, 0.05) is 44.5 Å². The molecule has 1 aromatic carbocycles. The van der Waals surface area contributed by atoms with E-state index in [1.54, 1.807) is 0 Å². The van der Waals surface area contributed by atoms with Crippen LogP contribution in [0.1, 0.15) is 37.8 Å². The second kappa shape index (κ2) is 8.99. The number of hydrogen-bond acceptors (Lipinski definition) is 7. The standard InChI is InChI=1S/C24H34N6O2/c1-15(2)11-29-12-17-3-4-19(9-18(17)13-29)27-23-22-20(5-7-26-24(22)31)30(28-23)21-14-32-8-6-16(21)10-25/h3-4,9,15-16,20-23,27-28H,5-8,11-14H2,1-2H3,(H,26,31)/t16-,20?,21+,22?,23?/m1/s1. The minimum absolute atomic E-state index is 0.0384. The summed E-state index contributed by atoms with van der Waals surface area (Å²) in [6, 6.07) is 9.05. The lowest BCUT2D eigenvalue weighted by Gasteiger charge is -2.39. The molecule has 0 spiro atoms. The summed E-state index contributed by atoms with van der Waals surface area (Å²) in [5.74, 6) is 0.421. The van der Waals surface area contributed by atoms with Crippen LogP contribution in [0.4, 0.5) is 5.69 Å². The average Bonchev–Trinajstić information content (AvgIpc) is 3.34. The van der Waals surface area contributed by atoms with E-state index in [9.17, 15) is 10.1 Å². The molecule has 3 unspecified atom stereocenters. The van der Waals surface area contributed by atoms with Crippen LogP contribution in [0.3, 0.4) is 0 Å². The second-order valence-electron chi connectivity index (χ2n) is 10.0. The van der Waals surface area contributed by atoms with Gasteiger partial charge >= 0.3 is 0 Å². The summed E-state index contributed by atoms with van der Waals surface area (Å²) in [5, 5.41) is 18.5. The number of nitriles is 1. The SMILES string of the molecule is CC(C)CN1Cc2ccc(NC3NN([C@H]4COCC[C@@H]4C#N)C4CCNC(=O)C34)cc2C1. The number of benzene rings is 1. The van der Waals surface area contributed by atoms with Crippen LogP contribution in [0.25, 0.3) is 0 Å². The molecular weight excluding hydrogens is 404 g/mol. The van der Waals surface area contributed by atoms with E-state index in [2.05, 4.69) is 64.1 Å². The molecule has 1 amide bonds. The lowest BCUT2D eigenvalue weighted by atomic mass is 9.88. The fourth-order valence-corrected chi connectivity index (χ4v) is 5.83. The molecule has 3 fully saturated rings. The zero-order valence-electron chi connectivity index (χ0n) is 19.0. The Labute approximate surface area is 190 Å². The first kappa shape index (κ1) is 21.7. The largest absolute Gasteiger partial charge is 0.380 e. The third kappa shape index (κ3) is 4.11. The van der Waals surface area contributed by atoms with E-state index in [1.165, 1.54) is 11.1 Å². The summed E-state index contributed by atoms with van der Waals surface area (Å²) < 4.78 is 5.72. The zero-order valence-corrected chi connectivity index (χ0v) is 19.0. The number of amides is 1. The minimum Gasteiger partial charge on any atom is -0.380 e. The Morgan fingerprint density at radius 1 is 1.25 bits per heavy atom. The van der Waals surface area contributed by atoms with E-state index in [4.69, 9.17) is 4.74 Å². The summed E-state index contributed by atoms with van der Waals surface area (Å²) in [5.41, 5.74) is 7.35. The van der Waals surface area contributed by atoms with Crippen molar-refractivity contribution in [2.75, 3.05) is 31.6 Å². The Kier molecular flexibility index (Phi) is 6.08. The Morgan fingerprint density at radius 2 is 2.09 bits per heavy atom. The zero-order chi connectivity index (χ0) is 22.2. The molecule has 32 heavy (non-hydrogen) atoms. The number of rotatable bonds is 5. The second-order valence-corrected chi connectivity index (χ2v) is 10.0. The van der Waals surface area contributed by atoms with Crippen LogP contribution in [-0.2, 0) is 22.6 Å². The van der Waals surface area contributed by atoms with E-state index >= 15 is 0 Å². The number of hydrogen-bond donors (Lipinski definition) is 3. The Morgan fingerprint density at radius 3 is 2.91 bits per heavy atom. The van der Waals surface area contributed by atoms with Gasteiger partial charge in [-0.1, -0.05) is 19.9 Å². The predicted molar refractivity (Wildman–Crippen MR) is 121 cm³/mol. The maximum absolute atomic E-state index is 12.9. The molecule has 8 nitrogen and oxygen atoms in total. The number of piperidine rings is 1. The van der Waals surface area contributed by atoms with Gasteiger partial charge in [-0.2, -0.15) is 5.26 Å². The van der Waals surface area contributed by atoms with Crippen LogP contribution in [0.2, 0.25) is 0 Å². The van der Waals surface area contributed by atoms with Crippen LogP contribution in [-0.4, -0.2) is 60.4 Å². The highest BCUT2D eigenvalue weighted by Gasteiger charge is 2.51. The van der Waals surface area contributed by atoms with Crippen molar-refractivity contribution in [3.63, 3.8) is 0 Å². The number of fused-ring (bicyclic) bond motifs is 2. The molecule has 0 aliphatic carbocycles. The van der Waals surface area contributed by atoms with E-state index in [0.29, 0.717) is 25.7 Å². The molecule has 3 saturated heterocycles. The monoisotopic (exact) mass is 438 g/mol. The Hall–Kier alpha value is -2.18. The molecule has 5 rings (SSSR count). The van der Waals surface area contributed by atoms with Gasteiger partial charge in [0.15, 0.2) is 0 Å². The number of ether oxygens (including phenoxy) is 1. The molecule has 8 heteroatoms. The van der Waals surface area contributed by atoms with Gasteiger partial charge < -0.3 is 15.4 Å². The fourth-order valence-electron chi connectivity index (χ4n) is 5.83. The number of carbonyl (C=O) groups excluding carboxylic acids is 1. The van der Waals surface area contributed by atoms with Crippen LogP contribution in [0, 0.1) is 29.1 Å². The maximum atomic E-state index is 12.9. The van der Waals surface area contributed by atoms with Crippen molar-refractivity contribution in [3.05, 3.63) is 29.3 Å². The highest BCUT2D eigenvalue weighted by atomic mass is 16.5. The summed E-state index contributed by atoms with van der Waals surface area (Å²) >= 11 is 0. The van der Waals surface area contributed by atoms with Gasteiger partial charge in [0.25, 0.3) is 0 Å². The van der Waals surface area contributed by atoms with Gasteiger partial charge in [-0.15, -0.1) is 0 Å². The van der Waals surface area contributed by atoms with E-state index in [0.717, 1.165) is 38.2 Å². The molecule has 1 aromatic rings. The molecule has 3 N–H and O–H groups in total. The summed E-state index contributed by atoms with van der Waals surface area (Å²) in [7, 11) is 0. The number of carbonyl (C=O) groups is 1. The van der Waals surface area contributed by atoms with Gasteiger partial charge in [0.2, 0.25) is 5.91 Å².